The van der Waals surface area contributed by atoms with E-state index in [1.807, 2.05) is 5.92 Å². The van der Waals surface area contributed by atoms with E-state index in [0.29, 0.717) is 0 Å². The Balaban J connectivity index is 1.61. The predicted octanol–water partition coefficient (Wildman–Crippen LogP) is 1.32. The maximum absolute atomic E-state index is 16.0. The molecule has 0 amide bonds. The van der Waals surface area contributed by atoms with Gasteiger partial charge in [-0.2, -0.15) is 15.1 Å². The molecule has 16 heteroatoms. The molecular formula is C22H25FN7O7P. The number of benzene rings is 1. The van der Waals surface area contributed by atoms with Crippen LogP contribution in [0.25, 0.3) is 11.2 Å². The first-order valence-electron chi connectivity index (χ1n) is 11.2. The molecule has 1 aliphatic heterocycles. The van der Waals surface area contributed by atoms with Gasteiger partial charge in [-0.25, -0.2) is 13.9 Å². The molecular weight excluding hydrogens is 524 g/mol. The topological polar surface area (TPSA) is 196 Å². The minimum Gasteiger partial charge on any atom is -0.480 e. The van der Waals surface area contributed by atoms with Crippen LogP contribution in [-0.4, -0.2) is 73.3 Å². The van der Waals surface area contributed by atoms with Gasteiger partial charge in [-0.05, 0) is 19.1 Å². The lowest BCUT2D eigenvalue weighted by Gasteiger charge is -2.24. The van der Waals surface area contributed by atoms with Gasteiger partial charge in [-0.3, -0.25) is 13.9 Å². The first-order chi connectivity index (χ1) is 18.0. The zero-order valence-corrected chi connectivity index (χ0v) is 21.1. The van der Waals surface area contributed by atoms with Crippen LogP contribution in [0.4, 0.5) is 16.2 Å². The number of fused-ring (bicyclic) bond motifs is 1. The summed E-state index contributed by atoms with van der Waals surface area (Å²) in [5, 5.41) is 25.1. The van der Waals surface area contributed by atoms with Crippen molar-refractivity contribution >= 4 is 36.6 Å². The molecule has 0 spiro atoms. The van der Waals surface area contributed by atoms with E-state index in [4.69, 9.17) is 25.9 Å². The third-order valence-corrected chi connectivity index (χ3v) is 7.34. The van der Waals surface area contributed by atoms with Crippen LogP contribution in [0.3, 0.4) is 0 Å². The van der Waals surface area contributed by atoms with E-state index in [9.17, 15) is 19.6 Å². The van der Waals surface area contributed by atoms with Crippen LogP contribution in [0.2, 0.25) is 0 Å². The van der Waals surface area contributed by atoms with E-state index in [2.05, 4.69) is 25.4 Å². The average molecular weight is 549 g/mol. The lowest BCUT2D eigenvalue weighted by atomic mass is 9.97. The summed E-state index contributed by atoms with van der Waals surface area (Å²) in [6.07, 6.45) is 1.61. The van der Waals surface area contributed by atoms with Gasteiger partial charge >= 0.3 is 13.7 Å². The number of para-hydroxylation sites is 1. The van der Waals surface area contributed by atoms with Gasteiger partial charge in [0.25, 0.3) is 0 Å². The zero-order valence-electron chi connectivity index (χ0n) is 20.2. The molecule has 0 radical (unpaired) electrons. The van der Waals surface area contributed by atoms with Crippen molar-refractivity contribution in [2.45, 2.75) is 37.1 Å². The van der Waals surface area contributed by atoms with Gasteiger partial charge in [0.15, 0.2) is 23.2 Å². The standard InChI is InChI=1S/C22H25FN7O7P/c1-4-22(23)16(31)14(36-20(22)30-11-26-15-17(25-3)27-21(24)28-18(15)30)10-35-38(34,29-12(2)19(32)33)37-13-8-6-5-7-9-13/h1,5-9,11-12,14,16,20,31H,10H2,2-3H3,(H,29,34)(H,32,33)(H3,24,25,27,28)/t12-,14+,16+,20+,22+,38?/m0/s1. The van der Waals surface area contributed by atoms with Gasteiger partial charge < -0.3 is 30.5 Å². The number of imidazole rings is 1. The van der Waals surface area contributed by atoms with Crippen LogP contribution < -0.4 is 20.7 Å². The van der Waals surface area contributed by atoms with Crippen LogP contribution in [0.15, 0.2) is 36.7 Å². The first kappa shape index (κ1) is 27.2. The van der Waals surface area contributed by atoms with Crippen LogP contribution in [0, 0.1) is 12.3 Å². The van der Waals surface area contributed by atoms with Crippen LogP contribution >= 0.6 is 7.75 Å². The van der Waals surface area contributed by atoms with Crippen LogP contribution in [0.1, 0.15) is 13.2 Å². The lowest BCUT2D eigenvalue weighted by Crippen LogP contribution is -2.42. The molecule has 1 fully saturated rings. The number of rotatable bonds is 10. The Morgan fingerprint density at radius 3 is 2.76 bits per heavy atom. The van der Waals surface area contributed by atoms with Crippen LogP contribution in [0.5, 0.6) is 5.75 Å². The van der Waals surface area contributed by atoms with Gasteiger partial charge in [-0.15, -0.1) is 6.42 Å². The normalized spacial score (nSPS) is 25.4. The summed E-state index contributed by atoms with van der Waals surface area (Å²) >= 11 is 0. The minimum atomic E-state index is -4.38. The SMILES string of the molecule is C#C[C@@]1(F)[C@H](O)[C@@H](COP(=O)(N[C@@H](C)C(=O)O)Oc2ccccc2)O[C@H]1n1cnc2c(NC)nc(N)nc21. The molecule has 3 heterocycles. The largest absolute Gasteiger partial charge is 0.480 e. The van der Waals surface area contributed by atoms with E-state index < -0.39 is 50.5 Å². The number of halogens is 1. The third kappa shape index (κ3) is 5.13. The number of anilines is 2. The number of carbonyl (C=O) groups is 1. The molecule has 0 bridgehead atoms. The Bertz CT molecular complexity index is 1420. The summed E-state index contributed by atoms with van der Waals surface area (Å²) in [7, 11) is -2.79. The Hall–Kier alpha value is -3.80. The number of terminal acetylenes is 1. The fourth-order valence-electron chi connectivity index (χ4n) is 3.76. The quantitative estimate of drug-likeness (QED) is 0.180. The van der Waals surface area contributed by atoms with Crippen molar-refractivity contribution in [3.05, 3.63) is 36.7 Å². The van der Waals surface area contributed by atoms with Crippen molar-refractivity contribution in [3.63, 3.8) is 0 Å². The van der Waals surface area contributed by atoms with Gasteiger partial charge in [0.2, 0.25) is 11.6 Å². The van der Waals surface area contributed by atoms with Crippen LogP contribution in [-0.2, 0) is 18.6 Å². The Morgan fingerprint density at radius 2 is 2.13 bits per heavy atom. The summed E-state index contributed by atoms with van der Waals surface area (Å²) in [4.78, 5) is 23.6. The number of aliphatic hydroxyl groups excluding tert-OH is 1. The molecule has 1 saturated heterocycles. The molecule has 1 unspecified atom stereocenters. The number of hydrogen-bond acceptors (Lipinski definition) is 11. The fourth-order valence-corrected chi connectivity index (χ4v) is 5.27. The summed E-state index contributed by atoms with van der Waals surface area (Å²) < 4.78 is 47.2. The molecule has 202 valence electrons. The molecule has 14 nitrogen and oxygen atoms in total. The number of carboxylic acid groups (broad SMARTS) is 1. The van der Waals surface area contributed by atoms with Crippen molar-refractivity contribution in [1.29, 1.82) is 0 Å². The van der Waals surface area contributed by atoms with Gasteiger partial charge in [0, 0.05) is 7.05 Å². The number of hydrogen-bond donors (Lipinski definition) is 5. The third-order valence-electron chi connectivity index (χ3n) is 5.69. The minimum absolute atomic E-state index is 0.0768. The van der Waals surface area contributed by atoms with E-state index in [-0.39, 0.29) is 28.7 Å². The molecule has 0 aliphatic carbocycles. The maximum Gasteiger partial charge on any atom is 0.459 e. The number of nitrogens with one attached hydrogen (secondary N) is 2. The highest BCUT2D eigenvalue weighted by Crippen LogP contribution is 2.48. The summed E-state index contributed by atoms with van der Waals surface area (Å²) in [6, 6.07) is 6.49. The number of aromatic nitrogens is 4. The monoisotopic (exact) mass is 549 g/mol. The van der Waals surface area contributed by atoms with Gasteiger partial charge in [-0.1, -0.05) is 24.1 Å². The number of ether oxygens (including phenoxy) is 1. The number of nitrogen functional groups attached to an aromatic ring is 1. The zero-order chi connectivity index (χ0) is 27.7. The summed E-state index contributed by atoms with van der Waals surface area (Å²) in [6.45, 7) is 0.533. The number of aliphatic hydroxyl groups is 1. The molecule has 1 aliphatic rings. The number of nitrogens with zero attached hydrogens (tertiary/aromatic N) is 4. The summed E-state index contributed by atoms with van der Waals surface area (Å²) in [5.41, 5.74) is 3.28. The van der Waals surface area contributed by atoms with E-state index in [1.54, 1.807) is 25.2 Å². The molecule has 4 rings (SSSR count). The number of carboxylic acids is 1. The molecule has 6 N–H and O–H groups in total. The molecule has 1 aromatic carbocycles. The number of nitrogens with two attached hydrogens (primary N) is 1. The van der Waals surface area contributed by atoms with Gasteiger partial charge in [0.05, 0.1) is 12.9 Å². The first-order valence-corrected chi connectivity index (χ1v) is 12.7. The average Bonchev–Trinajstić information content (AvgIpc) is 3.41. The molecule has 0 saturated carbocycles. The van der Waals surface area contributed by atoms with E-state index >= 15 is 4.39 Å². The van der Waals surface area contributed by atoms with Crippen molar-refractivity contribution in [3.8, 4) is 18.1 Å². The molecule has 38 heavy (non-hydrogen) atoms. The highest BCUT2D eigenvalue weighted by molar-refractivity contribution is 7.52. The molecule has 6 atom stereocenters. The highest BCUT2D eigenvalue weighted by Gasteiger charge is 2.58. The number of alkyl halides is 1. The predicted molar refractivity (Wildman–Crippen MR) is 133 cm³/mol. The van der Waals surface area contributed by atoms with Crippen molar-refractivity contribution in [1.82, 2.24) is 24.6 Å². The van der Waals surface area contributed by atoms with E-state index in [0.717, 1.165) is 4.57 Å². The van der Waals surface area contributed by atoms with Crippen molar-refractivity contribution in [2.24, 2.45) is 0 Å². The molecule has 2 aromatic heterocycles. The van der Waals surface area contributed by atoms with Crippen molar-refractivity contribution < 1.29 is 37.7 Å². The highest BCUT2D eigenvalue weighted by atomic mass is 31.2. The summed E-state index contributed by atoms with van der Waals surface area (Å²) in [5.74, 6) is 0.839. The van der Waals surface area contributed by atoms with Crippen molar-refractivity contribution in [2.75, 3.05) is 24.7 Å². The van der Waals surface area contributed by atoms with Gasteiger partial charge in [0.1, 0.15) is 24.0 Å². The maximum atomic E-state index is 16.0. The number of aliphatic carboxylic acids is 1. The Labute approximate surface area is 215 Å². The Kier molecular flexibility index (Phi) is 7.54. The lowest BCUT2D eigenvalue weighted by molar-refractivity contribution is -0.138. The second kappa shape index (κ2) is 10.5. The molecule has 3 aromatic rings. The fraction of sp³-hybridized carbons (Fsp3) is 0.364. The second-order valence-corrected chi connectivity index (χ2v) is 9.97. The second-order valence-electron chi connectivity index (χ2n) is 8.28. The van der Waals surface area contributed by atoms with E-state index in [1.165, 1.54) is 25.4 Å². The Morgan fingerprint density at radius 1 is 1.42 bits per heavy atom. The smallest absolute Gasteiger partial charge is 0.459 e.